The topological polar surface area (TPSA) is 77.7 Å². The SMILES string of the molecule is COCCn1ncc2cc(-n3c(-c4cccnc4)c[nH]c3=O)ccc21.Cl. The highest BCUT2D eigenvalue weighted by molar-refractivity contribution is 5.85. The van der Waals surface area contributed by atoms with E-state index in [4.69, 9.17) is 4.74 Å². The number of pyridine rings is 1. The van der Waals surface area contributed by atoms with Crippen molar-refractivity contribution in [2.45, 2.75) is 6.54 Å². The summed E-state index contributed by atoms with van der Waals surface area (Å²) in [5.41, 5.74) is 3.24. The average molecular weight is 372 g/mol. The van der Waals surface area contributed by atoms with Crippen molar-refractivity contribution in [1.29, 1.82) is 0 Å². The third-order valence-corrected chi connectivity index (χ3v) is 4.12. The normalized spacial score (nSPS) is 10.8. The highest BCUT2D eigenvalue weighted by Crippen LogP contribution is 2.23. The maximum atomic E-state index is 12.3. The second-order valence-corrected chi connectivity index (χ2v) is 5.66. The number of nitrogens with zero attached hydrogens (tertiary/aromatic N) is 4. The molecule has 7 nitrogen and oxygen atoms in total. The van der Waals surface area contributed by atoms with Crippen LogP contribution in [0, 0.1) is 0 Å². The van der Waals surface area contributed by atoms with Crippen LogP contribution in [0.2, 0.25) is 0 Å². The molecule has 8 heteroatoms. The number of aromatic amines is 1. The smallest absolute Gasteiger partial charge is 0.330 e. The van der Waals surface area contributed by atoms with Gasteiger partial charge in [0.15, 0.2) is 0 Å². The molecule has 3 heterocycles. The Morgan fingerprint density at radius 2 is 2.12 bits per heavy atom. The Balaban J connectivity index is 0.00000196. The molecule has 0 saturated heterocycles. The van der Waals surface area contributed by atoms with E-state index in [2.05, 4.69) is 15.1 Å². The zero-order valence-electron chi connectivity index (χ0n) is 14.1. The predicted molar refractivity (Wildman–Crippen MR) is 102 cm³/mol. The van der Waals surface area contributed by atoms with Gasteiger partial charge in [-0.25, -0.2) is 4.79 Å². The second kappa shape index (κ2) is 7.55. The Morgan fingerprint density at radius 3 is 2.88 bits per heavy atom. The van der Waals surface area contributed by atoms with Gasteiger partial charge in [-0.1, -0.05) is 0 Å². The highest BCUT2D eigenvalue weighted by Gasteiger charge is 2.12. The van der Waals surface area contributed by atoms with E-state index in [0.29, 0.717) is 13.2 Å². The molecule has 4 aromatic rings. The molecule has 1 aromatic carbocycles. The molecule has 0 bridgehead atoms. The first-order valence-corrected chi connectivity index (χ1v) is 7.93. The Labute approximate surface area is 155 Å². The summed E-state index contributed by atoms with van der Waals surface area (Å²) in [6.45, 7) is 1.28. The van der Waals surface area contributed by atoms with Crippen LogP contribution in [0.1, 0.15) is 0 Å². The lowest BCUT2D eigenvalue weighted by atomic mass is 10.2. The lowest BCUT2D eigenvalue weighted by Gasteiger charge is -2.08. The van der Waals surface area contributed by atoms with Crippen molar-refractivity contribution in [3.05, 3.63) is 65.6 Å². The molecule has 0 spiro atoms. The molecule has 0 radical (unpaired) electrons. The molecule has 0 unspecified atom stereocenters. The van der Waals surface area contributed by atoms with Crippen molar-refractivity contribution < 1.29 is 4.74 Å². The number of ether oxygens (including phenoxy) is 1. The number of hydrogen-bond donors (Lipinski definition) is 1. The molecule has 0 saturated carbocycles. The zero-order valence-corrected chi connectivity index (χ0v) is 14.9. The van der Waals surface area contributed by atoms with E-state index in [9.17, 15) is 4.79 Å². The largest absolute Gasteiger partial charge is 0.383 e. The molecule has 0 aliphatic carbocycles. The van der Waals surface area contributed by atoms with E-state index in [1.807, 2.05) is 35.0 Å². The monoisotopic (exact) mass is 371 g/mol. The summed E-state index contributed by atoms with van der Waals surface area (Å²) in [4.78, 5) is 19.2. The number of rotatable bonds is 5. The molecular formula is C18H18ClN5O2. The number of hydrogen-bond acceptors (Lipinski definition) is 4. The number of aromatic nitrogens is 5. The van der Waals surface area contributed by atoms with Gasteiger partial charge in [-0.05, 0) is 30.3 Å². The molecule has 0 fully saturated rings. The van der Waals surface area contributed by atoms with E-state index in [1.165, 1.54) is 0 Å². The van der Waals surface area contributed by atoms with E-state index in [0.717, 1.165) is 27.8 Å². The van der Waals surface area contributed by atoms with Crippen LogP contribution in [0.3, 0.4) is 0 Å². The lowest BCUT2D eigenvalue weighted by Crippen LogP contribution is -2.15. The molecule has 3 aromatic heterocycles. The highest BCUT2D eigenvalue weighted by atomic mass is 35.5. The molecule has 0 atom stereocenters. The van der Waals surface area contributed by atoms with Crippen LogP contribution in [-0.2, 0) is 11.3 Å². The molecule has 26 heavy (non-hydrogen) atoms. The van der Waals surface area contributed by atoms with E-state index >= 15 is 0 Å². The first-order valence-electron chi connectivity index (χ1n) is 7.93. The van der Waals surface area contributed by atoms with Gasteiger partial charge in [0.05, 0.1) is 36.2 Å². The lowest BCUT2D eigenvalue weighted by molar-refractivity contribution is 0.185. The van der Waals surface area contributed by atoms with Crippen LogP contribution in [0.5, 0.6) is 0 Å². The number of benzene rings is 1. The van der Waals surface area contributed by atoms with Gasteiger partial charge in [0.2, 0.25) is 0 Å². The van der Waals surface area contributed by atoms with Crippen LogP contribution >= 0.6 is 12.4 Å². The zero-order chi connectivity index (χ0) is 17.2. The average Bonchev–Trinajstić information content (AvgIpc) is 3.23. The molecule has 1 N–H and O–H groups in total. The van der Waals surface area contributed by atoms with Gasteiger partial charge < -0.3 is 9.72 Å². The van der Waals surface area contributed by atoms with Crippen molar-refractivity contribution in [2.75, 3.05) is 13.7 Å². The molecule has 0 aliphatic heterocycles. The number of imidazole rings is 1. The number of nitrogens with one attached hydrogen (secondary N) is 1. The van der Waals surface area contributed by atoms with Gasteiger partial charge in [0, 0.05) is 36.7 Å². The van der Waals surface area contributed by atoms with Gasteiger partial charge >= 0.3 is 5.69 Å². The van der Waals surface area contributed by atoms with Crippen LogP contribution in [0.15, 0.2) is 59.9 Å². The maximum Gasteiger partial charge on any atom is 0.330 e. The molecular weight excluding hydrogens is 354 g/mol. The van der Waals surface area contributed by atoms with Gasteiger partial charge in [-0.2, -0.15) is 5.10 Å². The van der Waals surface area contributed by atoms with Gasteiger partial charge in [-0.3, -0.25) is 14.2 Å². The van der Waals surface area contributed by atoms with Gasteiger partial charge in [0.25, 0.3) is 0 Å². The molecule has 134 valence electrons. The first kappa shape index (κ1) is 17.9. The third-order valence-electron chi connectivity index (χ3n) is 4.12. The fourth-order valence-electron chi connectivity index (χ4n) is 2.92. The number of fused-ring (bicyclic) bond motifs is 1. The summed E-state index contributed by atoms with van der Waals surface area (Å²) in [5.74, 6) is 0. The van der Waals surface area contributed by atoms with Gasteiger partial charge in [-0.15, -0.1) is 12.4 Å². The standard InChI is InChI=1S/C18H17N5O2.ClH/c1-25-8-7-22-16-5-4-15(9-14(16)11-21-22)23-17(12-20-18(23)24)13-3-2-6-19-10-13;/h2-6,9-12H,7-8H2,1H3,(H,20,24);1H. The van der Waals surface area contributed by atoms with Crippen LogP contribution in [-0.4, -0.2) is 38.0 Å². The van der Waals surface area contributed by atoms with Crippen molar-refractivity contribution >= 4 is 23.3 Å². The molecule has 0 amide bonds. The minimum Gasteiger partial charge on any atom is -0.383 e. The van der Waals surface area contributed by atoms with Crippen molar-refractivity contribution in [2.24, 2.45) is 0 Å². The summed E-state index contributed by atoms with van der Waals surface area (Å²) < 4.78 is 8.65. The maximum absolute atomic E-state index is 12.3. The number of H-pyrrole nitrogens is 1. The summed E-state index contributed by atoms with van der Waals surface area (Å²) >= 11 is 0. The van der Waals surface area contributed by atoms with Crippen molar-refractivity contribution in [3.63, 3.8) is 0 Å². The van der Waals surface area contributed by atoms with Crippen molar-refractivity contribution in [1.82, 2.24) is 24.3 Å². The Hall–Kier alpha value is -2.90. The Morgan fingerprint density at radius 1 is 1.23 bits per heavy atom. The Bertz CT molecular complexity index is 1070. The number of methoxy groups -OCH3 is 1. The van der Waals surface area contributed by atoms with Crippen LogP contribution in [0.25, 0.3) is 27.8 Å². The third kappa shape index (κ3) is 3.14. The summed E-state index contributed by atoms with van der Waals surface area (Å²) in [6, 6.07) is 9.62. The number of halogens is 1. The molecule has 4 rings (SSSR count). The minimum absolute atomic E-state index is 0. The first-order chi connectivity index (χ1) is 12.3. The fraction of sp³-hybridized carbons (Fsp3) is 0.167. The predicted octanol–water partition coefficient (Wildman–Crippen LogP) is 2.65. The summed E-state index contributed by atoms with van der Waals surface area (Å²) in [7, 11) is 1.67. The summed E-state index contributed by atoms with van der Waals surface area (Å²) in [6.07, 6.45) is 6.95. The van der Waals surface area contributed by atoms with Crippen LogP contribution < -0.4 is 5.69 Å². The molecule has 0 aliphatic rings. The summed E-state index contributed by atoms with van der Waals surface area (Å²) in [5, 5.41) is 5.36. The van der Waals surface area contributed by atoms with E-state index in [-0.39, 0.29) is 18.1 Å². The minimum atomic E-state index is -0.190. The van der Waals surface area contributed by atoms with E-state index < -0.39 is 0 Å². The van der Waals surface area contributed by atoms with Crippen molar-refractivity contribution in [3.8, 4) is 16.9 Å². The van der Waals surface area contributed by atoms with E-state index in [1.54, 1.807) is 36.5 Å². The fourth-order valence-corrected chi connectivity index (χ4v) is 2.92. The van der Waals surface area contributed by atoms with Gasteiger partial charge in [0.1, 0.15) is 0 Å². The quantitative estimate of drug-likeness (QED) is 0.585. The van der Waals surface area contributed by atoms with Crippen LogP contribution in [0.4, 0.5) is 0 Å². The Kier molecular flexibility index (Phi) is 5.20. The second-order valence-electron chi connectivity index (χ2n) is 5.66.